The number of hydrogen-bond acceptors (Lipinski definition) is 2. The van der Waals surface area contributed by atoms with Crippen LogP contribution < -0.4 is 0 Å². The van der Waals surface area contributed by atoms with Crippen molar-refractivity contribution in [2.75, 3.05) is 0 Å². The van der Waals surface area contributed by atoms with Gasteiger partial charge in [-0.1, -0.05) is 128 Å². The molecule has 0 radical (unpaired) electrons. The quantitative estimate of drug-likeness (QED) is 0.158. The van der Waals surface area contributed by atoms with Crippen molar-refractivity contribution in [1.82, 2.24) is 0 Å². The lowest BCUT2D eigenvalue weighted by molar-refractivity contribution is 0.481. The van der Waals surface area contributed by atoms with Crippen LogP contribution >= 0.6 is 0 Å². The Hall–Kier alpha value is -1.39. The first-order valence-electron chi connectivity index (χ1n) is 14.0. The molecule has 1 N–H and O–H groups in total. The van der Waals surface area contributed by atoms with E-state index in [1.165, 1.54) is 83.5 Å². The molecule has 3 nitrogen and oxygen atoms in total. The van der Waals surface area contributed by atoms with E-state index in [0.717, 1.165) is 47.6 Å². The molecule has 34 heavy (non-hydrogen) atoms. The average Bonchev–Trinajstić information content (AvgIpc) is 2.82. The predicted octanol–water partition coefficient (Wildman–Crippen LogP) is 9.45. The SMILES string of the molecule is CCCCCCCCCCc1cc(S(=O)(=O)O)c(CCCCCCCCCC)c2ccccc12. The van der Waals surface area contributed by atoms with Crippen molar-refractivity contribution in [2.24, 2.45) is 0 Å². The summed E-state index contributed by atoms with van der Waals surface area (Å²) in [5, 5.41) is 2.14. The minimum absolute atomic E-state index is 0.128. The zero-order chi connectivity index (χ0) is 24.7. The van der Waals surface area contributed by atoms with Gasteiger partial charge in [0.1, 0.15) is 0 Å². The van der Waals surface area contributed by atoms with Crippen LogP contribution in [0.3, 0.4) is 0 Å². The van der Waals surface area contributed by atoms with Gasteiger partial charge in [0.15, 0.2) is 0 Å². The van der Waals surface area contributed by atoms with E-state index in [9.17, 15) is 13.0 Å². The Kier molecular flexibility index (Phi) is 13.8. The minimum atomic E-state index is -4.25. The lowest BCUT2D eigenvalue weighted by Crippen LogP contribution is -2.06. The Balaban J connectivity index is 2.04. The second-order valence-electron chi connectivity index (χ2n) is 9.98. The van der Waals surface area contributed by atoms with E-state index in [2.05, 4.69) is 19.9 Å². The lowest BCUT2D eigenvalue weighted by Gasteiger charge is -2.16. The molecule has 0 aliphatic rings. The second-order valence-corrected chi connectivity index (χ2v) is 11.4. The van der Waals surface area contributed by atoms with Crippen LogP contribution in [0.5, 0.6) is 0 Å². The molecule has 0 aromatic heterocycles. The van der Waals surface area contributed by atoms with Crippen LogP contribution in [0, 0.1) is 0 Å². The summed E-state index contributed by atoms with van der Waals surface area (Å²) < 4.78 is 34.7. The molecule has 2 aromatic rings. The topological polar surface area (TPSA) is 54.4 Å². The molecule has 0 unspecified atom stereocenters. The molecule has 2 rings (SSSR count). The van der Waals surface area contributed by atoms with Crippen LogP contribution in [-0.4, -0.2) is 13.0 Å². The van der Waals surface area contributed by atoms with E-state index < -0.39 is 10.1 Å². The van der Waals surface area contributed by atoms with Crippen LogP contribution in [0.4, 0.5) is 0 Å². The van der Waals surface area contributed by atoms with Crippen LogP contribution in [0.25, 0.3) is 10.8 Å². The molecule has 0 fully saturated rings. The highest BCUT2D eigenvalue weighted by atomic mass is 32.2. The Morgan fingerprint density at radius 1 is 0.618 bits per heavy atom. The van der Waals surface area contributed by atoms with E-state index in [4.69, 9.17) is 0 Å². The Morgan fingerprint density at radius 3 is 1.56 bits per heavy atom. The summed E-state index contributed by atoms with van der Waals surface area (Å²) in [5.41, 5.74) is 1.85. The van der Waals surface area contributed by atoms with Gasteiger partial charge in [-0.3, -0.25) is 4.55 Å². The number of aryl methyl sites for hydroxylation is 2. The molecule has 0 saturated carbocycles. The summed E-state index contributed by atoms with van der Waals surface area (Å²) in [4.78, 5) is 0.128. The van der Waals surface area contributed by atoms with Crippen LogP contribution in [0.2, 0.25) is 0 Å². The molecule has 192 valence electrons. The summed E-state index contributed by atoms with van der Waals surface area (Å²) >= 11 is 0. The zero-order valence-corrected chi connectivity index (χ0v) is 22.6. The van der Waals surface area contributed by atoms with E-state index in [0.29, 0.717) is 6.42 Å². The maximum Gasteiger partial charge on any atom is 0.294 e. The molecule has 0 aliphatic heterocycles. The smallest absolute Gasteiger partial charge is 0.282 e. The van der Waals surface area contributed by atoms with Crippen molar-refractivity contribution in [3.63, 3.8) is 0 Å². The molecule has 0 atom stereocenters. The Morgan fingerprint density at radius 2 is 1.06 bits per heavy atom. The van der Waals surface area contributed by atoms with Crippen molar-refractivity contribution in [3.8, 4) is 0 Å². The van der Waals surface area contributed by atoms with Gasteiger partial charge in [0.25, 0.3) is 10.1 Å². The molecule has 0 aliphatic carbocycles. The van der Waals surface area contributed by atoms with Crippen molar-refractivity contribution in [1.29, 1.82) is 0 Å². The van der Waals surface area contributed by atoms with Gasteiger partial charge in [0.05, 0.1) is 4.90 Å². The molecule has 0 amide bonds. The third-order valence-electron chi connectivity index (χ3n) is 7.06. The standard InChI is InChI=1S/C30H48O3S/c1-3-5-7-9-11-13-15-17-21-26-25-30(34(31,32)33)29(28-23-20-19-22-27(26)28)24-18-16-14-12-10-8-6-4-2/h19-20,22-23,25H,3-18,21,24H2,1-2H3,(H,31,32,33). The highest BCUT2D eigenvalue weighted by Crippen LogP contribution is 2.32. The summed E-state index contributed by atoms with van der Waals surface area (Å²) in [6, 6.07) is 9.92. The largest absolute Gasteiger partial charge is 0.294 e. The van der Waals surface area contributed by atoms with Crippen LogP contribution in [0.15, 0.2) is 35.2 Å². The molecular weight excluding hydrogens is 440 g/mol. The number of benzene rings is 2. The fourth-order valence-corrected chi connectivity index (χ4v) is 5.88. The van der Waals surface area contributed by atoms with Gasteiger partial charge < -0.3 is 0 Å². The van der Waals surface area contributed by atoms with E-state index in [1.54, 1.807) is 6.07 Å². The van der Waals surface area contributed by atoms with Gasteiger partial charge >= 0.3 is 0 Å². The Labute approximate surface area is 209 Å². The Bertz CT molecular complexity index is 933. The fraction of sp³-hybridized carbons (Fsp3) is 0.667. The molecule has 0 bridgehead atoms. The van der Waals surface area contributed by atoms with Crippen LogP contribution in [-0.2, 0) is 23.0 Å². The van der Waals surface area contributed by atoms with Gasteiger partial charge in [-0.15, -0.1) is 0 Å². The van der Waals surface area contributed by atoms with Gasteiger partial charge in [0, 0.05) is 0 Å². The maximum absolute atomic E-state index is 12.3. The van der Waals surface area contributed by atoms with Crippen molar-refractivity contribution in [3.05, 3.63) is 41.5 Å². The van der Waals surface area contributed by atoms with Gasteiger partial charge in [0.2, 0.25) is 0 Å². The number of hydrogen-bond donors (Lipinski definition) is 1. The van der Waals surface area contributed by atoms with Crippen molar-refractivity contribution in [2.45, 2.75) is 134 Å². The number of fused-ring (bicyclic) bond motifs is 1. The molecule has 0 spiro atoms. The fourth-order valence-electron chi connectivity index (χ4n) is 5.06. The first kappa shape index (κ1) is 28.8. The molecule has 0 saturated heterocycles. The summed E-state index contributed by atoms with van der Waals surface area (Å²) in [5.74, 6) is 0. The summed E-state index contributed by atoms with van der Waals surface area (Å²) in [6.07, 6.45) is 21.2. The monoisotopic (exact) mass is 488 g/mol. The molecular formula is C30H48O3S. The first-order chi connectivity index (χ1) is 16.5. The third-order valence-corrected chi connectivity index (χ3v) is 7.98. The lowest BCUT2D eigenvalue weighted by atomic mass is 9.93. The second kappa shape index (κ2) is 16.3. The number of rotatable bonds is 19. The normalized spacial score (nSPS) is 12.0. The zero-order valence-electron chi connectivity index (χ0n) is 21.8. The van der Waals surface area contributed by atoms with E-state index >= 15 is 0 Å². The van der Waals surface area contributed by atoms with E-state index in [1.807, 2.05) is 18.2 Å². The van der Waals surface area contributed by atoms with Crippen molar-refractivity contribution < 1.29 is 13.0 Å². The molecule has 0 heterocycles. The van der Waals surface area contributed by atoms with Gasteiger partial charge in [-0.25, -0.2) is 0 Å². The number of unbranched alkanes of at least 4 members (excludes halogenated alkanes) is 14. The summed E-state index contributed by atoms with van der Waals surface area (Å²) in [7, 11) is -4.25. The van der Waals surface area contributed by atoms with Crippen molar-refractivity contribution >= 4 is 20.9 Å². The maximum atomic E-state index is 12.3. The average molecular weight is 489 g/mol. The first-order valence-corrected chi connectivity index (χ1v) is 15.4. The predicted molar refractivity (Wildman–Crippen MR) is 146 cm³/mol. The molecule has 2 aromatic carbocycles. The summed E-state index contributed by atoms with van der Waals surface area (Å²) in [6.45, 7) is 4.48. The highest BCUT2D eigenvalue weighted by molar-refractivity contribution is 7.85. The molecule has 4 heteroatoms. The third kappa shape index (κ3) is 10.1. The van der Waals surface area contributed by atoms with Crippen LogP contribution in [0.1, 0.15) is 128 Å². The van der Waals surface area contributed by atoms with E-state index in [-0.39, 0.29) is 4.90 Å². The van der Waals surface area contributed by atoms with Gasteiger partial charge in [-0.2, -0.15) is 8.42 Å². The highest BCUT2D eigenvalue weighted by Gasteiger charge is 2.20. The minimum Gasteiger partial charge on any atom is -0.282 e. The van der Waals surface area contributed by atoms with Gasteiger partial charge in [-0.05, 0) is 53.6 Å².